The Morgan fingerprint density at radius 3 is 2.50 bits per heavy atom. The first-order valence-electron chi connectivity index (χ1n) is 7.91. The van der Waals surface area contributed by atoms with Crippen LogP contribution in [0.4, 0.5) is 8.78 Å². The van der Waals surface area contributed by atoms with Gasteiger partial charge in [-0.15, -0.1) is 0 Å². The molecule has 2 aromatic carbocycles. The van der Waals surface area contributed by atoms with Gasteiger partial charge in [-0.05, 0) is 48.7 Å². The number of carbonyl (C=O) groups is 1. The first kappa shape index (κ1) is 19.5. The van der Waals surface area contributed by atoms with Gasteiger partial charge in [-0.2, -0.15) is 8.78 Å². The second-order valence-corrected chi connectivity index (χ2v) is 5.93. The van der Waals surface area contributed by atoms with Crippen LogP contribution in [0.2, 0.25) is 0 Å². The van der Waals surface area contributed by atoms with Gasteiger partial charge in [-0.1, -0.05) is 12.1 Å². The molecule has 1 amide bonds. The molecule has 0 heterocycles. The van der Waals surface area contributed by atoms with Crippen molar-refractivity contribution >= 4 is 5.91 Å². The summed E-state index contributed by atoms with van der Waals surface area (Å²) in [6.45, 7) is 0.744. The molecule has 0 saturated heterocycles. The Hall–Kier alpha value is -2.83. The number of rotatable bonds is 6. The summed E-state index contributed by atoms with van der Waals surface area (Å²) < 4.78 is 34.5. The summed E-state index contributed by atoms with van der Waals surface area (Å²) in [7, 11) is 2.92. The van der Waals surface area contributed by atoms with Crippen LogP contribution in [0.25, 0.3) is 0 Å². The molecule has 0 atom stereocenters. The molecule has 0 radical (unpaired) electrons. The number of amides is 1. The van der Waals surface area contributed by atoms with E-state index in [0.717, 1.165) is 5.56 Å². The lowest BCUT2D eigenvalue weighted by atomic mass is 10.0. The Labute approximate surface area is 150 Å². The Bertz CT molecular complexity index is 808. The molecule has 2 rings (SSSR count). The highest BCUT2D eigenvalue weighted by molar-refractivity contribution is 5.97. The predicted octanol–water partition coefficient (Wildman–Crippen LogP) is 3.89. The summed E-state index contributed by atoms with van der Waals surface area (Å²) in [5.74, 6) is -0.360. The number of carbonyl (C=O) groups excluding carboxylic acids is 1. The van der Waals surface area contributed by atoms with Crippen molar-refractivity contribution in [1.29, 1.82) is 0 Å². The van der Waals surface area contributed by atoms with Crippen LogP contribution in [0.3, 0.4) is 0 Å². The number of ether oxygens (including phenoxy) is 2. The van der Waals surface area contributed by atoms with Crippen LogP contribution in [0.1, 0.15) is 27.0 Å². The quantitative estimate of drug-likeness (QED) is 0.844. The number of nitrogens with zero attached hydrogens (tertiary/aromatic N) is 1. The van der Waals surface area contributed by atoms with Gasteiger partial charge >= 0.3 is 6.61 Å². The minimum Gasteiger partial charge on any atom is -0.507 e. The zero-order valence-electron chi connectivity index (χ0n) is 15.0. The smallest absolute Gasteiger partial charge is 0.387 e. The molecule has 0 aliphatic rings. The van der Waals surface area contributed by atoms with Crippen molar-refractivity contribution in [3.63, 3.8) is 0 Å². The summed E-state index contributed by atoms with van der Waals surface area (Å²) in [5, 5.41) is 10.2. The average Bonchev–Trinajstić information content (AvgIpc) is 2.59. The van der Waals surface area contributed by atoms with Gasteiger partial charge in [-0.25, -0.2) is 0 Å². The van der Waals surface area contributed by atoms with Crippen LogP contribution in [0.5, 0.6) is 17.2 Å². The van der Waals surface area contributed by atoms with Crippen LogP contribution < -0.4 is 9.47 Å². The largest absolute Gasteiger partial charge is 0.507 e. The molecule has 0 bridgehead atoms. The third-order valence-electron chi connectivity index (χ3n) is 4.14. The molecule has 0 saturated carbocycles. The van der Waals surface area contributed by atoms with Crippen molar-refractivity contribution < 1.29 is 28.2 Å². The topological polar surface area (TPSA) is 59.0 Å². The number of methoxy groups -OCH3 is 1. The minimum atomic E-state index is -2.98. The Morgan fingerprint density at radius 1 is 1.19 bits per heavy atom. The molecule has 26 heavy (non-hydrogen) atoms. The number of hydrogen-bond donors (Lipinski definition) is 1. The van der Waals surface area contributed by atoms with Crippen LogP contribution >= 0.6 is 0 Å². The molecule has 2 aromatic rings. The van der Waals surface area contributed by atoms with Crippen LogP contribution in [-0.2, 0) is 6.54 Å². The van der Waals surface area contributed by atoms with Crippen molar-refractivity contribution in [3.8, 4) is 17.2 Å². The van der Waals surface area contributed by atoms with E-state index in [-0.39, 0.29) is 35.3 Å². The molecular formula is C19H21F2NO4. The summed E-state index contributed by atoms with van der Waals surface area (Å²) >= 11 is 0. The van der Waals surface area contributed by atoms with E-state index < -0.39 is 6.61 Å². The van der Waals surface area contributed by atoms with Crippen LogP contribution in [0, 0.1) is 13.8 Å². The van der Waals surface area contributed by atoms with Crippen molar-refractivity contribution in [2.45, 2.75) is 27.0 Å². The second-order valence-electron chi connectivity index (χ2n) is 5.93. The van der Waals surface area contributed by atoms with E-state index in [2.05, 4.69) is 4.74 Å². The normalized spacial score (nSPS) is 10.7. The van der Waals surface area contributed by atoms with Gasteiger partial charge in [0.25, 0.3) is 5.91 Å². The van der Waals surface area contributed by atoms with E-state index in [0.29, 0.717) is 11.1 Å². The number of aromatic hydroxyl groups is 1. The van der Waals surface area contributed by atoms with Gasteiger partial charge in [0.15, 0.2) is 11.5 Å². The van der Waals surface area contributed by atoms with Crippen LogP contribution in [-0.4, -0.2) is 36.7 Å². The third-order valence-corrected chi connectivity index (χ3v) is 4.14. The molecular weight excluding hydrogens is 344 g/mol. The van der Waals surface area contributed by atoms with E-state index in [9.17, 15) is 18.7 Å². The SMILES string of the molecule is COc1ccc(CN(C)C(=O)c2ccc(C)c(C)c2O)cc1OC(F)F. The Kier molecular flexibility index (Phi) is 6.02. The monoisotopic (exact) mass is 365 g/mol. The lowest BCUT2D eigenvalue weighted by Crippen LogP contribution is -2.26. The number of benzene rings is 2. The van der Waals surface area contributed by atoms with Gasteiger partial charge in [0.2, 0.25) is 0 Å². The zero-order valence-corrected chi connectivity index (χ0v) is 15.0. The summed E-state index contributed by atoms with van der Waals surface area (Å²) in [5.41, 5.74) is 2.29. The molecule has 140 valence electrons. The molecule has 0 aromatic heterocycles. The fourth-order valence-corrected chi connectivity index (χ4v) is 2.53. The highest BCUT2D eigenvalue weighted by Crippen LogP contribution is 2.30. The Balaban J connectivity index is 2.23. The van der Waals surface area contributed by atoms with Gasteiger partial charge in [-0.3, -0.25) is 4.79 Å². The van der Waals surface area contributed by atoms with Gasteiger partial charge in [0, 0.05) is 13.6 Å². The third kappa shape index (κ3) is 4.22. The fourth-order valence-electron chi connectivity index (χ4n) is 2.53. The lowest BCUT2D eigenvalue weighted by molar-refractivity contribution is -0.0512. The van der Waals surface area contributed by atoms with E-state index in [1.165, 1.54) is 24.1 Å². The number of aryl methyl sites for hydroxylation is 1. The van der Waals surface area contributed by atoms with Crippen molar-refractivity contribution in [2.24, 2.45) is 0 Å². The number of phenolic OH excluding ortho intramolecular Hbond substituents is 1. The number of halogens is 2. The molecule has 0 unspecified atom stereocenters. The summed E-state index contributed by atoms with van der Waals surface area (Å²) in [4.78, 5) is 14.0. The highest BCUT2D eigenvalue weighted by atomic mass is 19.3. The number of alkyl halides is 2. The highest BCUT2D eigenvalue weighted by Gasteiger charge is 2.19. The van der Waals surface area contributed by atoms with Crippen molar-refractivity contribution in [1.82, 2.24) is 4.90 Å². The molecule has 7 heteroatoms. The molecule has 1 N–H and O–H groups in total. The van der Waals surface area contributed by atoms with Crippen LogP contribution in [0.15, 0.2) is 30.3 Å². The van der Waals surface area contributed by atoms with Crippen molar-refractivity contribution in [2.75, 3.05) is 14.2 Å². The van der Waals surface area contributed by atoms with Gasteiger partial charge in [0.05, 0.1) is 12.7 Å². The first-order valence-corrected chi connectivity index (χ1v) is 7.91. The van der Waals surface area contributed by atoms with Crippen molar-refractivity contribution in [3.05, 3.63) is 52.6 Å². The molecule has 0 fully saturated rings. The fraction of sp³-hybridized carbons (Fsp3) is 0.316. The zero-order chi connectivity index (χ0) is 19.4. The van der Waals surface area contributed by atoms with E-state index in [4.69, 9.17) is 4.74 Å². The minimum absolute atomic E-state index is 0.0571. The van der Waals surface area contributed by atoms with Gasteiger partial charge in [0.1, 0.15) is 5.75 Å². The maximum atomic E-state index is 12.6. The first-order chi connectivity index (χ1) is 12.2. The maximum Gasteiger partial charge on any atom is 0.387 e. The average molecular weight is 365 g/mol. The summed E-state index contributed by atoms with van der Waals surface area (Å²) in [6, 6.07) is 7.88. The molecule has 0 aliphatic carbocycles. The second kappa shape index (κ2) is 8.03. The molecule has 5 nitrogen and oxygen atoms in total. The van der Waals surface area contributed by atoms with E-state index in [1.54, 1.807) is 32.2 Å². The standard InChI is InChI=1S/C19H21F2NO4/c1-11-5-7-14(17(23)12(11)2)18(24)22(3)10-13-6-8-15(25-4)16(9-13)26-19(20)21/h5-9,19,23H,10H2,1-4H3. The Morgan fingerprint density at radius 2 is 1.88 bits per heavy atom. The predicted molar refractivity (Wildman–Crippen MR) is 93.0 cm³/mol. The van der Waals surface area contributed by atoms with E-state index >= 15 is 0 Å². The summed E-state index contributed by atoms with van der Waals surface area (Å²) in [6.07, 6.45) is 0. The lowest BCUT2D eigenvalue weighted by Gasteiger charge is -2.20. The maximum absolute atomic E-state index is 12.6. The number of hydrogen-bond acceptors (Lipinski definition) is 4. The van der Waals surface area contributed by atoms with E-state index in [1.807, 2.05) is 6.92 Å². The van der Waals surface area contributed by atoms with Gasteiger partial charge < -0.3 is 19.5 Å². The number of phenols is 1. The molecule has 0 spiro atoms. The molecule has 0 aliphatic heterocycles.